The SMILES string of the molecule is CNC(=O)c1cccc(NC(=O)CCCc2nc3ccccc3s2)c1. The van der Waals surface area contributed by atoms with E-state index >= 15 is 0 Å². The number of hydrogen-bond donors (Lipinski definition) is 2. The molecular weight excluding hydrogens is 334 g/mol. The van der Waals surface area contributed by atoms with E-state index in [4.69, 9.17) is 0 Å². The molecule has 0 unspecified atom stereocenters. The molecule has 1 heterocycles. The van der Waals surface area contributed by atoms with Crippen molar-refractivity contribution in [1.29, 1.82) is 0 Å². The summed E-state index contributed by atoms with van der Waals surface area (Å²) in [4.78, 5) is 28.3. The summed E-state index contributed by atoms with van der Waals surface area (Å²) in [5, 5.41) is 6.46. The molecule has 2 amide bonds. The fourth-order valence-electron chi connectivity index (χ4n) is 2.53. The van der Waals surface area contributed by atoms with E-state index < -0.39 is 0 Å². The first-order valence-electron chi connectivity index (χ1n) is 8.12. The monoisotopic (exact) mass is 353 g/mol. The van der Waals surface area contributed by atoms with Crippen LogP contribution in [0.4, 0.5) is 5.69 Å². The van der Waals surface area contributed by atoms with Gasteiger partial charge in [0.1, 0.15) is 0 Å². The summed E-state index contributed by atoms with van der Waals surface area (Å²) < 4.78 is 1.17. The van der Waals surface area contributed by atoms with Crippen LogP contribution in [0.3, 0.4) is 0 Å². The first kappa shape index (κ1) is 17.1. The molecule has 0 radical (unpaired) electrons. The quantitative estimate of drug-likeness (QED) is 0.711. The Morgan fingerprint density at radius 2 is 1.96 bits per heavy atom. The van der Waals surface area contributed by atoms with Crippen molar-refractivity contribution in [3.8, 4) is 0 Å². The number of amides is 2. The second-order valence-electron chi connectivity index (χ2n) is 5.64. The maximum absolute atomic E-state index is 12.1. The van der Waals surface area contributed by atoms with Crippen molar-refractivity contribution in [3.05, 3.63) is 59.1 Å². The summed E-state index contributed by atoms with van der Waals surface area (Å²) in [6.45, 7) is 0. The van der Waals surface area contributed by atoms with Crippen LogP contribution in [0.25, 0.3) is 10.2 Å². The molecule has 2 aromatic carbocycles. The van der Waals surface area contributed by atoms with E-state index in [1.807, 2.05) is 18.2 Å². The molecule has 0 bridgehead atoms. The zero-order valence-electron chi connectivity index (χ0n) is 13.9. The highest BCUT2D eigenvalue weighted by Gasteiger charge is 2.08. The van der Waals surface area contributed by atoms with Gasteiger partial charge in [0.2, 0.25) is 5.91 Å². The summed E-state index contributed by atoms with van der Waals surface area (Å²) in [7, 11) is 1.58. The van der Waals surface area contributed by atoms with E-state index in [9.17, 15) is 9.59 Å². The molecule has 0 fully saturated rings. The van der Waals surface area contributed by atoms with E-state index in [-0.39, 0.29) is 11.8 Å². The lowest BCUT2D eigenvalue weighted by Crippen LogP contribution is -2.18. The van der Waals surface area contributed by atoms with Gasteiger partial charge < -0.3 is 10.6 Å². The fraction of sp³-hybridized carbons (Fsp3) is 0.211. The van der Waals surface area contributed by atoms with E-state index in [2.05, 4.69) is 21.7 Å². The molecule has 0 aliphatic rings. The standard InChI is InChI=1S/C19H19N3O2S/c1-20-19(24)13-6-4-7-14(12-13)21-17(23)10-5-11-18-22-15-8-2-3-9-16(15)25-18/h2-4,6-9,12H,5,10-11H2,1H3,(H,20,24)(H,21,23). The summed E-state index contributed by atoms with van der Waals surface area (Å²) >= 11 is 1.67. The highest BCUT2D eigenvalue weighted by molar-refractivity contribution is 7.18. The number of carbonyl (C=O) groups excluding carboxylic acids is 2. The molecule has 1 aromatic heterocycles. The smallest absolute Gasteiger partial charge is 0.251 e. The molecule has 128 valence electrons. The Bertz CT molecular complexity index is 871. The van der Waals surface area contributed by atoms with E-state index in [0.29, 0.717) is 17.7 Å². The van der Waals surface area contributed by atoms with Crippen molar-refractivity contribution >= 4 is 39.1 Å². The molecule has 3 aromatic rings. The van der Waals surface area contributed by atoms with Gasteiger partial charge in [-0.15, -0.1) is 11.3 Å². The van der Waals surface area contributed by atoms with Crippen LogP contribution in [0.5, 0.6) is 0 Å². The van der Waals surface area contributed by atoms with E-state index in [1.54, 1.807) is 42.6 Å². The topological polar surface area (TPSA) is 71.1 Å². The van der Waals surface area contributed by atoms with Crippen LogP contribution in [0, 0.1) is 0 Å². The Hall–Kier alpha value is -2.73. The fourth-order valence-corrected chi connectivity index (χ4v) is 3.54. The molecule has 5 nitrogen and oxygen atoms in total. The molecule has 0 saturated carbocycles. The third kappa shape index (κ3) is 4.42. The third-order valence-corrected chi connectivity index (χ3v) is 4.86. The minimum Gasteiger partial charge on any atom is -0.355 e. The lowest BCUT2D eigenvalue weighted by Gasteiger charge is -2.06. The molecule has 0 aliphatic carbocycles. The maximum atomic E-state index is 12.1. The number of anilines is 1. The Balaban J connectivity index is 1.52. The van der Waals surface area contributed by atoms with Gasteiger partial charge in [0.05, 0.1) is 15.2 Å². The highest BCUT2D eigenvalue weighted by atomic mass is 32.1. The summed E-state index contributed by atoms with van der Waals surface area (Å²) in [6, 6.07) is 15.0. The number of nitrogens with zero attached hydrogens (tertiary/aromatic N) is 1. The van der Waals surface area contributed by atoms with Crippen molar-refractivity contribution in [2.45, 2.75) is 19.3 Å². The van der Waals surface area contributed by atoms with Crippen LogP contribution >= 0.6 is 11.3 Å². The van der Waals surface area contributed by atoms with Gasteiger partial charge in [-0.2, -0.15) is 0 Å². The van der Waals surface area contributed by atoms with Crippen LogP contribution in [-0.2, 0) is 11.2 Å². The first-order chi connectivity index (χ1) is 12.2. The summed E-state index contributed by atoms with van der Waals surface area (Å²) in [6.07, 6.45) is 1.94. The Kier molecular flexibility index (Phi) is 5.40. The summed E-state index contributed by atoms with van der Waals surface area (Å²) in [5.41, 5.74) is 2.17. The molecular formula is C19H19N3O2S. The number of aryl methyl sites for hydroxylation is 1. The van der Waals surface area contributed by atoms with Crippen molar-refractivity contribution < 1.29 is 9.59 Å². The number of benzene rings is 2. The predicted octanol–water partition coefficient (Wildman–Crippen LogP) is 3.62. The first-order valence-corrected chi connectivity index (χ1v) is 8.94. The average molecular weight is 353 g/mol. The normalized spacial score (nSPS) is 10.6. The minimum atomic E-state index is -0.174. The zero-order valence-corrected chi connectivity index (χ0v) is 14.7. The Morgan fingerprint density at radius 1 is 1.12 bits per heavy atom. The molecule has 3 rings (SSSR count). The van der Waals surface area contributed by atoms with Gasteiger partial charge in [0, 0.05) is 24.7 Å². The van der Waals surface area contributed by atoms with Crippen LogP contribution < -0.4 is 10.6 Å². The lowest BCUT2D eigenvalue weighted by molar-refractivity contribution is -0.116. The second-order valence-corrected chi connectivity index (χ2v) is 6.75. The van der Waals surface area contributed by atoms with Crippen molar-refractivity contribution in [2.75, 3.05) is 12.4 Å². The van der Waals surface area contributed by atoms with Crippen LogP contribution in [0.15, 0.2) is 48.5 Å². The Morgan fingerprint density at radius 3 is 2.76 bits per heavy atom. The number of fused-ring (bicyclic) bond motifs is 1. The van der Waals surface area contributed by atoms with Crippen molar-refractivity contribution in [1.82, 2.24) is 10.3 Å². The molecule has 0 saturated heterocycles. The van der Waals surface area contributed by atoms with Gasteiger partial charge in [-0.25, -0.2) is 4.98 Å². The molecule has 25 heavy (non-hydrogen) atoms. The lowest BCUT2D eigenvalue weighted by atomic mass is 10.1. The molecule has 6 heteroatoms. The van der Waals surface area contributed by atoms with Gasteiger partial charge >= 0.3 is 0 Å². The van der Waals surface area contributed by atoms with E-state index in [1.165, 1.54) is 4.70 Å². The van der Waals surface area contributed by atoms with Crippen LogP contribution in [0.1, 0.15) is 28.2 Å². The molecule has 2 N–H and O–H groups in total. The van der Waals surface area contributed by atoms with Crippen molar-refractivity contribution in [2.24, 2.45) is 0 Å². The molecule has 0 aliphatic heterocycles. The average Bonchev–Trinajstić information content (AvgIpc) is 3.04. The van der Waals surface area contributed by atoms with Crippen LogP contribution in [-0.4, -0.2) is 23.8 Å². The number of rotatable bonds is 6. The summed E-state index contributed by atoms with van der Waals surface area (Å²) in [5.74, 6) is -0.234. The second kappa shape index (κ2) is 7.90. The molecule has 0 atom stereocenters. The van der Waals surface area contributed by atoms with Gasteiger partial charge in [0.15, 0.2) is 0 Å². The minimum absolute atomic E-state index is 0.0600. The van der Waals surface area contributed by atoms with Crippen LogP contribution in [0.2, 0.25) is 0 Å². The van der Waals surface area contributed by atoms with E-state index in [0.717, 1.165) is 23.4 Å². The third-order valence-electron chi connectivity index (χ3n) is 3.77. The van der Waals surface area contributed by atoms with Crippen molar-refractivity contribution in [3.63, 3.8) is 0 Å². The molecule has 0 spiro atoms. The van der Waals surface area contributed by atoms with Gasteiger partial charge in [-0.3, -0.25) is 9.59 Å². The number of para-hydroxylation sites is 1. The maximum Gasteiger partial charge on any atom is 0.251 e. The zero-order chi connectivity index (χ0) is 17.6. The predicted molar refractivity (Wildman–Crippen MR) is 101 cm³/mol. The number of aromatic nitrogens is 1. The highest BCUT2D eigenvalue weighted by Crippen LogP contribution is 2.22. The van der Waals surface area contributed by atoms with Gasteiger partial charge in [0.25, 0.3) is 5.91 Å². The largest absolute Gasteiger partial charge is 0.355 e. The number of carbonyl (C=O) groups is 2. The number of nitrogens with one attached hydrogen (secondary N) is 2. The number of thiazole rings is 1. The van der Waals surface area contributed by atoms with Gasteiger partial charge in [-0.1, -0.05) is 18.2 Å². The number of hydrogen-bond acceptors (Lipinski definition) is 4. The van der Waals surface area contributed by atoms with Gasteiger partial charge in [-0.05, 0) is 43.2 Å². The Labute approximate surface area is 150 Å².